The highest BCUT2D eigenvalue weighted by Gasteiger charge is 2.51. The van der Waals surface area contributed by atoms with Crippen LogP contribution < -0.4 is 5.32 Å². The molecule has 2 aromatic rings. The molecule has 1 saturated carbocycles. The van der Waals surface area contributed by atoms with E-state index >= 15 is 0 Å². The van der Waals surface area contributed by atoms with Gasteiger partial charge in [0.1, 0.15) is 17.2 Å². The molecule has 2 aliphatic carbocycles. The lowest BCUT2D eigenvalue weighted by Gasteiger charge is -2.35. The van der Waals surface area contributed by atoms with E-state index in [1.54, 1.807) is 6.20 Å². The summed E-state index contributed by atoms with van der Waals surface area (Å²) >= 11 is 0. The third-order valence-corrected chi connectivity index (χ3v) is 8.38. The maximum Gasteiger partial charge on any atom is 0.270 e. The normalized spacial score (nSPS) is 24.7. The van der Waals surface area contributed by atoms with Crippen LogP contribution in [0.5, 0.6) is 0 Å². The van der Waals surface area contributed by atoms with Crippen LogP contribution in [0.3, 0.4) is 0 Å². The zero-order valence-corrected chi connectivity index (χ0v) is 20.3. The van der Waals surface area contributed by atoms with Crippen LogP contribution in [0, 0.1) is 0 Å². The van der Waals surface area contributed by atoms with E-state index < -0.39 is 5.41 Å². The number of amides is 2. The number of benzene rings is 1. The number of carbonyl (C=O) groups is 2. The molecule has 6 heteroatoms. The molecular formula is C29H32N4O2. The van der Waals surface area contributed by atoms with Crippen LogP contribution in [-0.4, -0.2) is 39.6 Å². The van der Waals surface area contributed by atoms with E-state index in [0.717, 1.165) is 42.5 Å². The van der Waals surface area contributed by atoms with Gasteiger partial charge in [-0.1, -0.05) is 56.2 Å². The average Bonchev–Trinajstić information content (AvgIpc) is 3.38. The third-order valence-electron chi connectivity index (χ3n) is 8.38. The molecule has 0 saturated heterocycles. The summed E-state index contributed by atoms with van der Waals surface area (Å²) in [5.41, 5.74) is 4.39. The minimum absolute atomic E-state index is 0.0486. The molecule has 0 radical (unpaired) electrons. The monoisotopic (exact) mass is 468 g/mol. The van der Waals surface area contributed by atoms with Crippen LogP contribution in [-0.2, 0) is 27.8 Å². The van der Waals surface area contributed by atoms with Crippen molar-refractivity contribution in [2.24, 2.45) is 4.99 Å². The van der Waals surface area contributed by atoms with Crippen LogP contribution in [0.2, 0.25) is 0 Å². The Morgan fingerprint density at radius 2 is 1.86 bits per heavy atom. The number of nitrogens with one attached hydrogen (secondary N) is 1. The standard InChI is InChI=1S/C29H32N4O2/c1-2-24-26(34)33(29(32-24)13-5-3-4-6-14-29)16-8-9-20-11-12-21-18-28(19-22(21)17-20)23-10-7-15-30-25(23)31-27(28)35/h7-12,15,17H,2-6,13-14,16,18-19H2,1H3,(H,30,31,35). The van der Waals surface area contributed by atoms with Crippen molar-refractivity contribution in [3.8, 4) is 0 Å². The van der Waals surface area contributed by atoms with Gasteiger partial charge in [-0.3, -0.25) is 14.6 Å². The Hall–Kier alpha value is -3.28. The SMILES string of the molecule is CCC1=NC2(CCCCCC2)N(CC=Cc2ccc3c(c2)CC2(C3)C(=O)Nc3ncccc32)C1=O. The van der Waals surface area contributed by atoms with Crippen LogP contribution in [0.15, 0.2) is 47.6 Å². The summed E-state index contributed by atoms with van der Waals surface area (Å²) in [5.74, 6) is 0.851. The first kappa shape index (κ1) is 22.2. The van der Waals surface area contributed by atoms with Crippen molar-refractivity contribution < 1.29 is 9.59 Å². The number of anilines is 1. The number of aromatic nitrogens is 1. The third kappa shape index (κ3) is 3.53. The zero-order chi connectivity index (χ0) is 24.0. The summed E-state index contributed by atoms with van der Waals surface area (Å²) in [6.45, 7) is 2.60. The number of hydrogen-bond acceptors (Lipinski definition) is 4. The summed E-state index contributed by atoms with van der Waals surface area (Å²) in [7, 11) is 0. The van der Waals surface area contributed by atoms with E-state index in [-0.39, 0.29) is 17.5 Å². The van der Waals surface area contributed by atoms with Crippen LogP contribution in [0.4, 0.5) is 5.82 Å². The average molecular weight is 469 g/mol. The van der Waals surface area contributed by atoms with E-state index in [1.807, 2.05) is 24.0 Å². The van der Waals surface area contributed by atoms with Crippen molar-refractivity contribution in [3.63, 3.8) is 0 Å². The van der Waals surface area contributed by atoms with Crippen LogP contribution in [0.1, 0.15) is 74.1 Å². The van der Waals surface area contributed by atoms with Crippen molar-refractivity contribution in [1.82, 2.24) is 9.88 Å². The molecule has 6 nitrogen and oxygen atoms in total. The molecule has 6 rings (SSSR count). The Morgan fingerprint density at radius 1 is 1.06 bits per heavy atom. The molecule has 1 atom stereocenters. The van der Waals surface area contributed by atoms with Gasteiger partial charge in [-0.05, 0) is 67.7 Å². The Bertz CT molecular complexity index is 1260. The number of pyridine rings is 1. The van der Waals surface area contributed by atoms with Gasteiger partial charge in [0, 0.05) is 18.3 Å². The van der Waals surface area contributed by atoms with Gasteiger partial charge in [0.2, 0.25) is 5.91 Å². The van der Waals surface area contributed by atoms with Crippen LogP contribution in [0.25, 0.3) is 6.08 Å². The molecule has 0 bridgehead atoms. The topological polar surface area (TPSA) is 74.7 Å². The highest BCUT2D eigenvalue weighted by Crippen LogP contribution is 2.46. The molecule has 2 aliphatic heterocycles. The molecule has 180 valence electrons. The molecule has 4 aliphatic rings. The van der Waals surface area contributed by atoms with Gasteiger partial charge in [-0.25, -0.2) is 4.98 Å². The van der Waals surface area contributed by atoms with E-state index in [4.69, 9.17) is 4.99 Å². The number of hydrogen-bond donors (Lipinski definition) is 1. The molecular weight excluding hydrogens is 436 g/mol. The quantitative estimate of drug-likeness (QED) is 0.699. The number of aliphatic imine (C=N–C) groups is 1. The van der Waals surface area contributed by atoms with E-state index in [9.17, 15) is 9.59 Å². The number of rotatable bonds is 4. The molecule has 35 heavy (non-hydrogen) atoms. The lowest BCUT2D eigenvalue weighted by molar-refractivity contribution is -0.127. The summed E-state index contributed by atoms with van der Waals surface area (Å²) in [4.78, 5) is 37.4. The molecule has 1 N–H and O–H groups in total. The van der Waals surface area contributed by atoms with Gasteiger partial charge in [-0.15, -0.1) is 0 Å². The molecule has 1 aromatic carbocycles. The fraction of sp³-hybridized carbons (Fsp3) is 0.448. The van der Waals surface area contributed by atoms with Crippen molar-refractivity contribution in [2.75, 3.05) is 11.9 Å². The second-order valence-electron chi connectivity index (χ2n) is 10.4. The predicted molar refractivity (Wildman–Crippen MR) is 137 cm³/mol. The lowest BCUT2D eigenvalue weighted by Crippen LogP contribution is -2.46. The van der Waals surface area contributed by atoms with Crippen molar-refractivity contribution in [1.29, 1.82) is 0 Å². The number of fused-ring (bicyclic) bond motifs is 3. The number of carbonyl (C=O) groups excluding carboxylic acids is 2. The second kappa shape index (κ2) is 8.43. The number of nitrogens with zero attached hydrogens (tertiary/aromatic N) is 3. The first-order valence-corrected chi connectivity index (χ1v) is 13.0. The Kier molecular flexibility index (Phi) is 5.35. The summed E-state index contributed by atoms with van der Waals surface area (Å²) < 4.78 is 0. The van der Waals surface area contributed by atoms with E-state index in [2.05, 4.69) is 40.7 Å². The summed E-state index contributed by atoms with van der Waals surface area (Å²) in [5, 5.41) is 2.98. The van der Waals surface area contributed by atoms with Gasteiger partial charge in [-0.2, -0.15) is 0 Å². The van der Waals surface area contributed by atoms with Gasteiger partial charge >= 0.3 is 0 Å². The Labute approximate surface area is 206 Å². The largest absolute Gasteiger partial charge is 0.310 e. The minimum Gasteiger partial charge on any atom is -0.310 e. The second-order valence-corrected chi connectivity index (χ2v) is 10.4. The maximum atomic E-state index is 13.1. The highest BCUT2D eigenvalue weighted by molar-refractivity contribution is 6.40. The fourth-order valence-electron chi connectivity index (χ4n) is 6.55. The predicted octanol–water partition coefficient (Wildman–Crippen LogP) is 4.83. The minimum atomic E-state index is -0.546. The van der Waals surface area contributed by atoms with E-state index in [0.29, 0.717) is 31.6 Å². The van der Waals surface area contributed by atoms with Crippen molar-refractivity contribution in [3.05, 3.63) is 64.9 Å². The Morgan fingerprint density at radius 3 is 2.66 bits per heavy atom. The molecule has 1 unspecified atom stereocenters. The highest BCUT2D eigenvalue weighted by atomic mass is 16.2. The fourth-order valence-corrected chi connectivity index (χ4v) is 6.55. The van der Waals surface area contributed by atoms with Crippen molar-refractivity contribution in [2.45, 2.75) is 75.8 Å². The van der Waals surface area contributed by atoms with Gasteiger partial charge < -0.3 is 10.2 Å². The molecule has 2 amide bonds. The maximum absolute atomic E-state index is 13.1. The Balaban J connectivity index is 1.21. The molecule has 2 spiro atoms. The summed E-state index contributed by atoms with van der Waals surface area (Å²) in [6.07, 6.45) is 14.7. The molecule has 3 heterocycles. The smallest absolute Gasteiger partial charge is 0.270 e. The first-order valence-electron chi connectivity index (χ1n) is 13.0. The summed E-state index contributed by atoms with van der Waals surface area (Å²) in [6, 6.07) is 10.4. The molecule has 1 aromatic heterocycles. The molecule has 1 fully saturated rings. The zero-order valence-electron chi connectivity index (χ0n) is 20.3. The lowest BCUT2D eigenvalue weighted by atomic mass is 9.79. The van der Waals surface area contributed by atoms with Crippen molar-refractivity contribution >= 4 is 29.4 Å². The van der Waals surface area contributed by atoms with Gasteiger partial charge in [0.05, 0.1) is 5.41 Å². The first-order chi connectivity index (χ1) is 17.0. The van der Waals surface area contributed by atoms with Crippen LogP contribution >= 0.6 is 0 Å². The van der Waals surface area contributed by atoms with Gasteiger partial charge in [0.15, 0.2) is 0 Å². The van der Waals surface area contributed by atoms with E-state index in [1.165, 1.54) is 24.0 Å². The van der Waals surface area contributed by atoms with Gasteiger partial charge in [0.25, 0.3) is 5.91 Å².